The minimum absolute atomic E-state index is 0.0496. The molecule has 2 rings (SSSR count). The third-order valence-electron chi connectivity index (χ3n) is 3.12. The van der Waals surface area contributed by atoms with E-state index >= 15 is 0 Å². The highest BCUT2D eigenvalue weighted by Crippen LogP contribution is 2.16. The molecule has 4 heteroatoms. The van der Waals surface area contributed by atoms with Crippen molar-refractivity contribution in [2.24, 2.45) is 0 Å². The zero-order valence-electron chi connectivity index (χ0n) is 10.3. The van der Waals surface area contributed by atoms with Crippen molar-refractivity contribution in [1.29, 1.82) is 0 Å². The second-order valence-corrected chi connectivity index (χ2v) is 4.38. The molecule has 0 amide bonds. The van der Waals surface area contributed by atoms with E-state index in [2.05, 4.69) is 16.8 Å². The molecule has 1 aliphatic heterocycles. The molecule has 94 valence electrons. The summed E-state index contributed by atoms with van der Waals surface area (Å²) < 4.78 is 5.74. The highest BCUT2D eigenvalue weighted by atomic mass is 16.5. The summed E-state index contributed by atoms with van der Waals surface area (Å²) in [6.45, 7) is 4.93. The molecule has 1 unspecified atom stereocenters. The van der Waals surface area contributed by atoms with Crippen molar-refractivity contribution in [3.05, 3.63) is 23.9 Å². The summed E-state index contributed by atoms with van der Waals surface area (Å²) in [5, 5.41) is 8.99. The average Bonchev–Trinajstić information content (AvgIpc) is 2.64. The normalized spacial score (nSPS) is 21.3. The quantitative estimate of drug-likeness (QED) is 0.865. The SMILES string of the molecule is CCC1CN(c2ccc(CO)cn2)CCCO1. The van der Waals surface area contributed by atoms with Crippen molar-refractivity contribution in [2.45, 2.75) is 32.5 Å². The molecule has 4 nitrogen and oxygen atoms in total. The number of pyridine rings is 1. The number of nitrogens with zero attached hydrogens (tertiary/aromatic N) is 2. The highest BCUT2D eigenvalue weighted by molar-refractivity contribution is 5.39. The maximum Gasteiger partial charge on any atom is 0.128 e. The standard InChI is InChI=1S/C13H20N2O2/c1-2-12-9-15(6-3-7-17-12)13-5-4-11(10-16)8-14-13/h4-5,8,12,16H,2-3,6-7,9-10H2,1H3. The Morgan fingerprint density at radius 3 is 3.06 bits per heavy atom. The van der Waals surface area contributed by atoms with E-state index < -0.39 is 0 Å². The van der Waals surface area contributed by atoms with E-state index in [0.717, 1.165) is 43.9 Å². The van der Waals surface area contributed by atoms with Crippen molar-refractivity contribution in [3.8, 4) is 0 Å². The molecule has 0 spiro atoms. The molecule has 0 bridgehead atoms. The van der Waals surface area contributed by atoms with E-state index in [1.165, 1.54) is 0 Å². The Bertz CT molecular complexity index is 340. The van der Waals surface area contributed by atoms with Gasteiger partial charge in [0.2, 0.25) is 0 Å². The molecule has 1 saturated heterocycles. The van der Waals surface area contributed by atoms with Crippen LogP contribution in [0.1, 0.15) is 25.3 Å². The van der Waals surface area contributed by atoms with Crippen LogP contribution >= 0.6 is 0 Å². The van der Waals surface area contributed by atoms with Crippen LogP contribution in [-0.4, -0.2) is 35.9 Å². The molecule has 0 radical (unpaired) electrons. The molecule has 0 saturated carbocycles. The fraction of sp³-hybridized carbons (Fsp3) is 0.615. The van der Waals surface area contributed by atoms with Crippen LogP contribution in [0.25, 0.3) is 0 Å². The maximum absolute atomic E-state index is 8.99. The van der Waals surface area contributed by atoms with Crippen LogP contribution in [0.3, 0.4) is 0 Å². The summed E-state index contributed by atoms with van der Waals surface area (Å²) in [6, 6.07) is 3.90. The number of rotatable bonds is 3. The van der Waals surface area contributed by atoms with E-state index in [-0.39, 0.29) is 6.61 Å². The topological polar surface area (TPSA) is 45.6 Å². The van der Waals surface area contributed by atoms with Gasteiger partial charge in [0.25, 0.3) is 0 Å². The lowest BCUT2D eigenvalue weighted by molar-refractivity contribution is 0.0664. The largest absolute Gasteiger partial charge is 0.392 e. The summed E-state index contributed by atoms with van der Waals surface area (Å²) in [7, 11) is 0. The smallest absolute Gasteiger partial charge is 0.128 e. The number of aliphatic hydroxyl groups excluding tert-OH is 1. The van der Waals surface area contributed by atoms with Crippen LogP contribution in [0, 0.1) is 0 Å². The van der Waals surface area contributed by atoms with Crippen LogP contribution in [0.5, 0.6) is 0 Å². The van der Waals surface area contributed by atoms with Gasteiger partial charge in [0.15, 0.2) is 0 Å². The Morgan fingerprint density at radius 1 is 1.53 bits per heavy atom. The zero-order chi connectivity index (χ0) is 12.1. The van der Waals surface area contributed by atoms with Gasteiger partial charge in [-0.1, -0.05) is 13.0 Å². The van der Waals surface area contributed by atoms with Gasteiger partial charge in [0.1, 0.15) is 5.82 Å². The molecular formula is C13H20N2O2. The lowest BCUT2D eigenvalue weighted by Gasteiger charge is -2.24. The number of hydrogen-bond acceptors (Lipinski definition) is 4. The van der Waals surface area contributed by atoms with Gasteiger partial charge in [0.05, 0.1) is 12.7 Å². The first-order valence-electron chi connectivity index (χ1n) is 6.25. The fourth-order valence-corrected chi connectivity index (χ4v) is 2.05. The van der Waals surface area contributed by atoms with Crippen LogP contribution in [0.15, 0.2) is 18.3 Å². The molecule has 17 heavy (non-hydrogen) atoms. The Morgan fingerprint density at radius 2 is 2.41 bits per heavy atom. The minimum atomic E-state index is 0.0496. The molecule has 1 N–H and O–H groups in total. The summed E-state index contributed by atoms with van der Waals surface area (Å²) in [6.07, 6.45) is 4.12. The highest BCUT2D eigenvalue weighted by Gasteiger charge is 2.18. The van der Waals surface area contributed by atoms with E-state index in [0.29, 0.717) is 6.10 Å². The van der Waals surface area contributed by atoms with Gasteiger partial charge in [-0.05, 0) is 24.5 Å². The molecule has 1 aromatic rings. The van der Waals surface area contributed by atoms with Crippen molar-refractivity contribution in [2.75, 3.05) is 24.6 Å². The van der Waals surface area contributed by atoms with Crippen LogP contribution in [0.4, 0.5) is 5.82 Å². The second kappa shape index (κ2) is 5.98. The molecule has 0 aromatic carbocycles. The Labute approximate surface area is 102 Å². The molecule has 1 atom stereocenters. The van der Waals surface area contributed by atoms with Gasteiger partial charge >= 0.3 is 0 Å². The number of ether oxygens (including phenoxy) is 1. The predicted molar refractivity (Wildman–Crippen MR) is 67.0 cm³/mol. The Kier molecular flexibility index (Phi) is 4.34. The second-order valence-electron chi connectivity index (χ2n) is 4.38. The van der Waals surface area contributed by atoms with Crippen molar-refractivity contribution in [3.63, 3.8) is 0 Å². The monoisotopic (exact) mass is 236 g/mol. The molecule has 1 aromatic heterocycles. The average molecular weight is 236 g/mol. The van der Waals surface area contributed by atoms with Crippen molar-refractivity contribution in [1.82, 2.24) is 4.98 Å². The maximum atomic E-state index is 8.99. The van der Waals surface area contributed by atoms with Crippen LogP contribution in [-0.2, 0) is 11.3 Å². The first kappa shape index (κ1) is 12.3. The molecule has 2 heterocycles. The van der Waals surface area contributed by atoms with Gasteiger partial charge in [-0.2, -0.15) is 0 Å². The number of aliphatic hydroxyl groups is 1. The van der Waals surface area contributed by atoms with Crippen LogP contribution < -0.4 is 4.90 Å². The number of hydrogen-bond donors (Lipinski definition) is 1. The first-order chi connectivity index (χ1) is 8.33. The van der Waals surface area contributed by atoms with Gasteiger partial charge in [-0.25, -0.2) is 4.98 Å². The molecular weight excluding hydrogens is 216 g/mol. The lowest BCUT2D eigenvalue weighted by Crippen LogP contribution is -2.31. The van der Waals surface area contributed by atoms with Crippen molar-refractivity contribution >= 4 is 5.82 Å². The Hall–Kier alpha value is -1.13. The minimum Gasteiger partial charge on any atom is -0.392 e. The van der Waals surface area contributed by atoms with E-state index in [1.807, 2.05) is 12.1 Å². The van der Waals surface area contributed by atoms with E-state index in [9.17, 15) is 0 Å². The van der Waals surface area contributed by atoms with Crippen LogP contribution in [0.2, 0.25) is 0 Å². The summed E-state index contributed by atoms with van der Waals surface area (Å²) in [4.78, 5) is 6.66. The van der Waals surface area contributed by atoms with Crippen molar-refractivity contribution < 1.29 is 9.84 Å². The van der Waals surface area contributed by atoms with Gasteiger partial charge in [0, 0.05) is 25.9 Å². The van der Waals surface area contributed by atoms with E-state index in [1.54, 1.807) is 6.20 Å². The summed E-state index contributed by atoms with van der Waals surface area (Å²) in [5.74, 6) is 0.978. The third-order valence-corrected chi connectivity index (χ3v) is 3.12. The van der Waals surface area contributed by atoms with Gasteiger partial charge in [-0.3, -0.25) is 0 Å². The van der Waals surface area contributed by atoms with Gasteiger partial charge in [-0.15, -0.1) is 0 Å². The lowest BCUT2D eigenvalue weighted by atomic mass is 10.2. The molecule has 0 aliphatic carbocycles. The van der Waals surface area contributed by atoms with E-state index in [4.69, 9.17) is 9.84 Å². The van der Waals surface area contributed by atoms with Gasteiger partial charge < -0.3 is 14.7 Å². The molecule has 1 aliphatic rings. The third kappa shape index (κ3) is 3.17. The zero-order valence-corrected chi connectivity index (χ0v) is 10.3. The fourth-order valence-electron chi connectivity index (χ4n) is 2.05. The first-order valence-corrected chi connectivity index (χ1v) is 6.25. The number of aromatic nitrogens is 1. The Balaban J connectivity index is 2.08. The number of anilines is 1. The predicted octanol–water partition coefficient (Wildman–Crippen LogP) is 1.58. The summed E-state index contributed by atoms with van der Waals surface area (Å²) >= 11 is 0. The summed E-state index contributed by atoms with van der Waals surface area (Å²) in [5.41, 5.74) is 0.854. The molecule has 1 fully saturated rings.